The largest absolute Gasteiger partial charge is 0.310 e. The molecule has 4 rings (SSSR count). The summed E-state index contributed by atoms with van der Waals surface area (Å²) < 4.78 is 0. The van der Waals surface area contributed by atoms with E-state index in [9.17, 15) is 4.79 Å². The minimum absolute atomic E-state index is 0.0291. The van der Waals surface area contributed by atoms with Crippen LogP contribution in [0.15, 0.2) is 85.1 Å². The summed E-state index contributed by atoms with van der Waals surface area (Å²) in [5, 5.41) is 2.95. The fourth-order valence-electron chi connectivity index (χ4n) is 3.51. The standard InChI is InChI=1S/C21H18N2O/c24-20(23-19-13-7-8-14-22-19)18-15-21(18,16-9-3-1-4-10-16)17-11-5-2-6-12-17/h1-14,18H,15H2,(H,22,23,24)/t18-/m0/s1. The lowest BCUT2D eigenvalue weighted by molar-refractivity contribution is -0.117. The molecule has 0 unspecified atom stereocenters. The molecule has 0 bridgehead atoms. The highest BCUT2D eigenvalue weighted by atomic mass is 16.2. The van der Waals surface area contributed by atoms with E-state index < -0.39 is 0 Å². The maximum Gasteiger partial charge on any atom is 0.229 e. The minimum atomic E-state index is -0.235. The molecule has 0 spiro atoms. The smallest absolute Gasteiger partial charge is 0.229 e. The number of carbonyl (C=O) groups excluding carboxylic acids is 1. The molecule has 1 amide bonds. The number of aromatic nitrogens is 1. The molecule has 0 saturated heterocycles. The Balaban J connectivity index is 1.66. The van der Waals surface area contributed by atoms with Crippen LogP contribution in [-0.2, 0) is 10.2 Å². The molecule has 1 N–H and O–H groups in total. The lowest BCUT2D eigenvalue weighted by Gasteiger charge is -2.18. The van der Waals surface area contributed by atoms with Gasteiger partial charge in [-0.3, -0.25) is 4.79 Å². The van der Waals surface area contributed by atoms with E-state index in [0.717, 1.165) is 6.42 Å². The number of hydrogen-bond acceptors (Lipinski definition) is 2. The number of carbonyl (C=O) groups is 1. The van der Waals surface area contributed by atoms with Gasteiger partial charge in [-0.25, -0.2) is 4.98 Å². The van der Waals surface area contributed by atoms with Crippen LogP contribution in [0.25, 0.3) is 0 Å². The van der Waals surface area contributed by atoms with Crippen molar-refractivity contribution >= 4 is 11.7 Å². The Morgan fingerprint density at radius 3 is 2.00 bits per heavy atom. The molecular formula is C21H18N2O. The molecule has 118 valence electrons. The minimum Gasteiger partial charge on any atom is -0.310 e. The van der Waals surface area contributed by atoms with Gasteiger partial charge in [-0.1, -0.05) is 66.7 Å². The van der Waals surface area contributed by atoms with Crippen molar-refractivity contribution in [2.75, 3.05) is 5.32 Å². The topological polar surface area (TPSA) is 42.0 Å². The van der Waals surface area contributed by atoms with Crippen LogP contribution in [0.5, 0.6) is 0 Å². The zero-order valence-corrected chi connectivity index (χ0v) is 13.2. The highest BCUT2D eigenvalue weighted by Gasteiger charge is 2.60. The van der Waals surface area contributed by atoms with Gasteiger partial charge < -0.3 is 5.32 Å². The molecule has 1 atom stereocenters. The van der Waals surface area contributed by atoms with Crippen LogP contribution in [0.2, 0.25) is 0 Å². The van der Waals surface area contributed by atoms with Crippen molar-refractivity contribution in [2.45, 2.75) is 11.8 Å². The van der Waals surface area contributed by atoms with Crippen molar-refractivity contribution in [1.82, 2.24) is 4.98 Å². The van der Waals surface area contributed by atoms with Crippen molar-refractivity contribution in [1.29, 1.82) is 0 Å². The molecular weight excluding hydrogens is 296 g/mol. The van der Waals surface area contributed by atoms with E-state index in [4.69, 9.17) is 0 Å². The summed E-state index contributed by atoms with van der Waals surface area (Å²) in [5.74, 6) is 0.551. The van der Waals surface area contributed by atoms with E-state index in [2.05, 4.69) is 34.6 Å². The highest BCUT2D eigenvalue weighted by Crippen LogP contribution is 2.59. The van der Waals surface area contributed by atoms with Gasteiger partial charge in [0, 0.05) is 11.6 Å². The SMILES string of the molecule is O=C(Nc1ccccn1)[C@@H]1CC1(c1ccccc1)c1ccccc1. The highest BCUT2D eigenvalue weighted by molar-refractivity contribution is 5.96. The number of amides is 1. The lowest BCUT2D eigenvalue weighted by Crippen LogP contribution is -2.22. The summed E-state index contributed by atoms with van der Waals surface area (Å²) in [4.78, 5) is 17.0. The fraction of sp³-hybridized carbons (Fsp3) is 0.143. The van der Waals surface area contributed by atoms with Gasteiger partial charge in [0.15, 0.2) is 0 Å². The first-order valence-electron chi connectivity index (χ1n) is 8.14. The van der Waals surface area contributed by atoms with Crippen LogP contribution in [-0.4, -0.2) is 10.9 Å². The van der Waals surface area contributed by atoms with Crippen LogP contribution in [0.4, 0.5) is 5.82 Å². The molecule has 24 heavy (non-hydrogen) atoms. The van der Waals surface area contributed by atoms with Gasteiger partial charge in [0.25, 0.3) is 0 Å². The molecule has 1 aliphatic rings. The molecule has 3 heteroatoms. The van der Waals surface area contributed by atoms with Crippen LogP contribution in [0.1, 0.15) is 17.5 Å². The normalized spacial score (nSPS) is 17.9. The van der Waals surface area contributed by atoms with E-state index in [1.165, 1.54) is 11.1 Å². The number of benzene rings is 2. The van der Waals surface area contributed by atoms with E-state index in [-0.39, 0.29) is 17.2 Å². The summed E-state index contributed by atoms with van der Waals surface area (Å²) in [5.41, 5.74) is 2.15. The van der Waals surface area contributed by atoms with Gasteiger partial charge in [-0.2, -0.15) is 0 Å². The quantitative estimate of drug-likeness (QED) is 0.790. The molecule has 1 heterocycles. The van der Waals surface area contributed by atoms with Gasteiger partial charge in [-0.15, -0.1) is 0 Å². The lowest BCUT2D eigenvalue weighted by atomic mass is 9.85. The van der Waals surface area contributed by atoms with E-state index in [1.54, 1.807) is 6.20 Å². The third-order valence-electron chi connectivity index (χ3n) is 4.77. The summed E-state index contributed by atoms with van der Waals surface area (Å²) >= 11 is 0. The summed E-state index contributed by atoms with van der Waals surface area (Å²) in [7, 11) is 0. The second-order valence-electron chi connectivity index (χ2n) is 6.16. The van der Waals surface area contributed by atoms with Gasteiger partial charge in [0.05, 0.1) is 5.92 Å². The predicted octanol–water partition coefficient (Wildman–Crippen LogP) is 4.03. The van der Waals surface area contributed by atoms with Gasteiger partial charge in [-0.05, 0) is 29.7 Å². The Hall–Kier alpha value is -2.94. The average Bonchev–Trinajstić information content (AvgIpc) is 3.41. The summed E-state index contributed by atoms with van der Waals surface area (Å²) in [6.07, 6.45) is 2.50. The second kappa shape index (κ2) is 5.93. The monoisotopic (exact) mass is 314 g/mol. The number of hydrogen-bond donors (Lipinski definition) is 1. The van der Waals surface area contributed by atoms with Crippen molar-refractivity contribution in [3.05, 3.63) is 96.2 Å². The molecule has 3 nitrogen and oxygen atoms in total. The third kappa shape index (κ3) is 2.48. The van der Waals surface area contributed by atoms with Crippen molar-refractivity contribution in [3.8, 4) is 0 Å². The van der Waals surface area contributed by atoms with Crippen LogP contribution in [0, 0.1) is 5.92 Å². The number of anilines is 1. The van der Waals surface area contributed by atoms with Crippen LogP contribution < -0.4 is 5.32 Å². The predicted molar refractivity (Wildman–Crippen MR) is 94.6 cm³/mol. The van der Waals surface area contributed by atoms with E-state index >= 15 is 0 Å². The number of rotatable bonds is 4. The number of nitrogens with one attached hydrogen (secondary N) is 1. The molecule has 1 aromatic heterocycles. The Morgan fingerprint density at radius 1 is 0.875 bits per heavy atom. The molecule has 1 aliphatic carbocycles. The summed E-state index contributed by atoms with van der Waals surface area (Å²) in [6, 6.07) is 26.1. The number of pyridine rings is 1. The molecule has 1 fully saturated rings. The number of nitrogens with zero attached hydrogens (tertiary/aromatic N) is 1. The first-order valence-corrected chi connectivity index (χ1v) is 8.14. The van der Waals surface area contributed by atoms with Gasteiger partial charge in [0.1, 0.15) is 5.82 Å². The molecule has 0 aliphatic heterocycles. The molecule has 2 aromatic carbocycles. The van der Waals surface area contributed by atoms with Gasteiger partial charge >= 0.3 is 0 Å². The van der Waals surface area contributed by atoms with Crippen LogP contribution >= 0.6 is 0 Å². The Bertz CT molecular complexity index is 792. The first-order chi connectivity index (χ1) is 11.8. The van der Waals surface area contributed by atoms with Crippen LogP contribution in [0.3, 0.4) is 0 Å². The maximum absolute atomic E-state index is 12.8. The Labute approximate surface area is 141 Å². The van der Waals surface area contributed by atoms with E-state index in [1.807, 2.05) is 54.6 Å². The van der Waals surface area contributed by atoms with Crippen molar-refractivity contribution in [2.24, 2.45) is 5.92 Å². The third-order valence-corrected chi connectivity index (χ3v) is 4.77. The molecule has 3 aromatic rings. The summed E-state index contributed by atoms with van der Waals surface area (Å²) in [6.45, 7) is 0. The second-order valence-corrected chi connectivity index (χ2v) is 6.16. The molecule has 0 radical (unpaired) electrons. The maximum atomic E-state index is 12.8. The van der Waals surface area contributed by atoms with Gasteiger partial charge in [0.2, 0.25) is 5.91 Å². The Kier molecular flexibility index (Phi) is 3.62. The average molecular weight is 314 g/mol. The van der Waals surface area contributed by atoms with Crippen molar-refractivity contribution < 1.29 is 4.79 Å². The zero-order valence-electron chi connectivity index (χ0n) is 13.2. The zero-order chi connectivity index (χ0) is 16.4. The fourth-order valence-corrected chi connectivity index (χ4v) is 3.51. The Morgan fingerprint density at radius 2 is 1.46 bits per heavy atom. The van der Waals surface area contributed by atoms with Crippen molar-refractivity contribution in [3.63, 3.8) is 0 Å². The first kappa shape index (κ1) is 14.6. The van der Waals surface area contributed by atoms with E-state index in [0.29, 0.717) is 5.82 Å². The molecule has 1 saturated carbocycles.